The zero-order valence-electron chi connectivity index (χ0n) is 12.8. The molecular formula is C16H18N2O4. The number of methoxy groups -OCH3 is 1. The summed E-state index contributed by atoms with van der Waals surface area (Å²) >= 11 is 0. The molecule has 116 valence electrons. The van der Waals surface area contributed by atoms with Gasteiger partial charge in [-0.2, -0.15) is 0 Å². The van der Waals surface area contributed by atoms with Gasteiger partial charge in [-0.25, -0.2) is 14.8 Å². The summed E-state index contributed by atoms with van der Waals surface area (Å²) in [5, 5.41) is 0. The van der Waals surface area contributed by atoms with Crippen LogP contribution in [0.5, 0.6) is 11.6 Å². The molecule has 0 bridgehead atoms. The first-order valence-electron chi connectivity index (χ1n) is 7.01. The van der Waals surface area contributed by atoms with Crippen molar-refractivity contribution in [1.82, 2.24) is 9.97 Å². The third-order valence-electron chi connectivity index (χ3n) is 2.85. The van der Waals surface area contributed by atoms with Crippen LogP contribution in [0.3, 0.4) is 0 Å². The van der Waals surface area contributed by atoms with Crippen LogP contribution >= 0.6 is 0 Å². The molecule has 0 atom stereocenters. The molecule has 1 heterocycles. The molecule has 0 N–H and O–H groups in total. The molecule has 0 spiro atoms. The number of nitrogens with zero attached hydrogens (tertiary/aromatic N) is 2. The predicted molar refractivity (Wildman–Crippen MR) is 81.1 cm³/mol. The molecule has 1 aromatic heterocycles. The van der Waals surface area contributed by atoms with Crippen molar-refractivity contribution in [3.63, 3.8) is 0 Å². The van der Waals surface area contributed by atoms with Gasteiger partial charge in [-0.15, -0.1) is 0 Å². The summed E-state index contributed by atoms with van der Waals surface area (Å²) in [5.74, 6) is 0.600. The van der Waals surface area contributed by atoms with Gasteiger partial charge in [0.15, 0.2) is 5.69 Å². The Balaban J connectivity index is 2.43. The molecule has 0 aliphatic heterocycles. The molecular weight excluding hydrogens is 284 g/mol. The predicted octanol–water partition coefficient (Wildman–Crippen LogP) is 2.73. The molecule has 2 aromatic rings. The Morgan fingerprint density at radius 1 is 1.09 bits per heavy atom. The van der Waals surface area contributed by atoms with Gasteiger partial charge in [-0.05, 0) is 38.1 Å². The Morgan fingerprint density at radius 2 is 1.77 bits per heavy atom. The molecule has 0 saturated heterocycles. The summed E-state index contributed by atoms with van der Waals surface area (Å²) in [6.07, 6.45) is 1.34. The van der Waals surface area contributed by atoms with E-state index in [9.17, 15) is 4.79 Å². The van der Waals surface area contributed by atoms with E-state index in [-0.39, 0.29) is 5.69 Å². The van der Waals surface area contributed by atoms with Crippen LogP contribution in [0.1, 0.15) is 24.3 Å². The van der Waals surface area contributed by atoms with Crippen LogP contribution in [-0.2, 0) is 4.74 Å². The van der Waals surface area contributed by atoms with E-state index < -0.39 is 5.97 Å². The topological polar surface area (TPSA) is 70.5 Å². The third kappa shape index (κ3) is 3.52. The van der Waals surface area contributed by atoms with E-state index in [4.69, 9.17) is 9.47 Å². The highest BCUT2D eigenvalue weighted by molar-refractivity contribution is 5.87. The number of esters is 1. The standard InChI is InChI=1S/C16H18N2O4/c1-4-21-12-8-6-11(7-9-12)14-15(22-5-2)17-10-13(18-14)16(19)20-3/h6-10H,4-5H2,1-3H3. The van der Waals surface area contributed by atoms with E-state index in [0.29, 0.717) is 24.8 Å². The molecule has 0 radical (unpaired) electrons. The van der Waals surface area contributed by atoms with Gasteiger partial charge in [0.05, 0.1) is 26.5 Å². The number of benzene rings is 1. The monoisotopic (exact) mass is 302 g/mol. The van der Waals surface area contributed by atoms with Crippen molar-refractivity contribution in [2.24, 2.45) is 0 Å². The first-order chi connectivity index (χ1) is 10.7. The van der Waals surface area contributed by atoms with Crippen LogP contribution in [0.4, 0.5) is 0 Å². The summed E-state index contributed by atoms with van der Waals surface area (Å²) in [6.45, 7) is 4.84. The molecule has 22 heavy (non-hydrogen) atoms. The van der Waals surface area contributed by atoms with Crippen molar-refractivity contribution in [2.75, 3.05) is 20.3 Å². The Labute approximate surface area is 129 Å². The van der Waals surface area contributed by atoms with E-state index in [2.05, 4.69) is 14.7 Å². The van der Waals surface area contributed by atoms with E-state index in [0.717, 1.165) is 11.3 Å². The molecule has 0 unspecified atom stereocenters. The van der Waals surface area contributed by atoms with E-state index >= 15 is 0 Å². The Morgan fingerprint density at radius 3 is 2.36 bits per heavy atom. The number of ether oxygens (including phenoxy) is 3. The third-order valence-corrected chi connectivity index (χ3v) is 2.85. The molecule has 0 amide bonds. The fraction of sp³-hybridized carbons (Fsp3) is 0.312. The zero-order chi connectivity index (χ0) is 15.9. The Hall–Kier alpha value is -2.63. The summed E-state index contributed by atoms with van der Waals surface area (Å²) in [4.78, 5) is 20.1. The molecule has 1 aromatic carbocycles. The highest BCUT2D eigenvalue weighted by Gasteiger charge is 2.15. The van der Waals surface area contributed by atoms with Gasteiger partial charge in [0.1, 0.15) is 11.4 Å². The smallest absolute Gasteiger partial charge is 0.358 e. The highest BCUT2D eigenvalue weighted by Crippen LogP contribution is 2.28. The lowest BCUT2D eigenvalue weighted by molar-refractivity contribution is 0.0593. The number of carbonyl (C=O) groups is 1. The first kappa shape index (κ1) is 15.8. The summed E-state index contributed by atoms with van der Waals surface area (Å²) < 4.78 is 15.6. The number of rotatable bonds is 6. The highest BCUT2D eigenvalue weighted by atomic mass is 16.5. The quantitative estimate of drug-likeness (QED) is 0.764. The van der Waals surface area contributed by atoms with E-state index in [1.165, 1.54) is 13.3 Å². The van der Waals surface area contributed by atoms with Gasteiger partial charge in [-0.3, -0.25) is 0 Å². The minimum atomic E-state index is -0.539. The van der Waals surface area contributed by atoms with Gasteiger partial charge >= 0.3 is 5.97 Å². The van der Waals surface area contributed by atoms with Crippen molar-refractivity contribution in [3.05, 3.63) is 36.2 Å². The van der Waals surface area contributed by atoms with Crippen molar-refractivity contribution < 1.29 is 19.0 Å². The van der Waals surface area contributed by atoms with Crippen molar-refractivity contribution >= 4 is 5.97 Å². The number of aromatic nitrogens is 2. The average Bonchev–Trinajstić information content (AvgIpc) is 2.56. The minimum absolute atomic E-state index is 0.134. The van der Waals surface area contributed by atoms with E-state index in [1.807, 2.05) is 38.1 Å². The zero-order valence-corrected chi connectivity index (χ0v) is 12.8. The normalized spacial score (nSPS) is 10.1. The second-order valence-electron chi connectivity index (χ2n) is 4.29. The van der Waals surface area contributed by atoms with Gasteiger partial charge in [0.25, 0.3) is 0 Å². The van der Waals surface area contributed by atoms with Crippen LogP contribution in [0.25, 0.3) is 11.3 Å². The van der Waals surface area contributed by atoms with Crippen LogP contribution in [0, 0.1) is 0 Å². The van der Waals surface area contributed by atoms with Crippen molar-refractivity contribution in [2.45, 2.75) is 13.8 Å². The fourth-order valence-electron chi connectivity index (χ4n) is 1.89. The lowest BCUT2D eigenvalue weighted by Crippen LogP contribution is -2.08. The summed E-state index contributed by atoms with van der Waals surface area (Å²) in [7, 11) is 1.30. The molecule has 0 aliphatic carbocycles. The van der Waals surface area contributed by atoms with Gasteiger partial charge in [0, 0.05) is 5.56 Å². The number of carbonyl (C=O) groups excluding carboxylic acids is 1. The first-order valence-corrected chi connectivity index (χ1v) is 7.01. The van der Waals surface area contributed by atoms with Crippen molar-refractivity contribution in [1.29, 1.82) is 0 Å². The number of hydrogen-bond donors (Lipinski definition) is 0. The SMILES string of the molecule is CCOc1ccc(-c2nc(C(=O)OC)cnc2OCC)cc1. The van der Waals surface area contributed by atoms with Gasteiger partial charge in [-0.1, -0.05) is 0 Å². The Bertz CT molecular complexity index is 641. The molecule has 2 rings (SSSR count). The fourth-order valence-corrected chi connectivity index (χ4v) is 1.89. The second-order valence-corrected chi connectivity index (χ2v) is 4.29. The summed E-state index contributed by atoms with van der Waals surface area (Å²) in [6, 6.07) is 7.36. The average molecular weight is 302 g/mol. The van der Waals surface area contributed by atoms with Crippen LogP contribution < -0.4 is 9.47 Å². The Kier molecular flexibility index (Phi) is 5.30. The minimum Gasteiger partial charge on any atom is -0.494 e. The number of hydrogen-bond acceptors (Lipinski definition) is 6. The molecule has 0 saturated carbocycles. The molecule has 0 fully saturated rings. The van der Waals surface area contributed by atoms with E-state index in [1.54, 1.807) is 0 Å². The summed E-state index contributed by atoms with van der Waals surface area (Å²) in [5.41, 5.74) is 1.41. The van der Waals surface area contributed by atoms with Crippen molar-refractivity contribution in [3.8, 4) is 22.9 Å². The largest absolute Gasteiger partial charge is 0.494 e. The molecule has 6 nitrogen and oxygen atoms in total. The maximum Gasteiger partial charge on any atom is 0.358 e. The maximum atomic E-state index is 11.6. The maximum absolute atomic E-state index is 11.6. The molecule has 6 heteroatoms. The van der Waals surface area contributed by atoms with Crippen LogP contribution in [-0.4, -0.2) is 36.3 Å². The lowest BCUT2D eigenvalue weighted by Gasteiger charge is -2.10. The lowest BCUT2D eigenvalue weighted by atomic mass is 10.1. The molecule has 0 aliphatic rings. The van der Waals surface area contributed by atoms with Gasteiger partial charge in [0.2, 0.25) is 5.88 Å². The second kappa shape index (κ2) is 7.40. The van der Waals surface area contributed by atoms with Crippen LogP contribution in [0.2, 0.25) is 0 Å². The van der Waals surface area contributed by atoms with Crippen LogP contribution in [0.15, 0.2) is 30.5 Å². The van der Waals surface area contributed by atoms with Gasteiger partial charge < -0.3 is 14.2 Å².